The second-order valence-electron chi connectivity index (χ2n) is 8.70. The minimum atomic E-state index is -0.482. The van der Waals surface area contributed by atoms with Crippen molar-refractivity contribution in [3.63, 3.8) is 0 Å². The van der Waals surface area contributed by atoms with Crippen LogP contribution in [0.4, 0.5) is 14.5 Å². The summed E-state index contributed by atoms with van der Waals surface area (Å²) < 4.78 is 26.8. The molecule has 0 spiro atoms. The van der Waals surface area contributed by atoms with Gasteiger partial charge in [-0.15, -0.1) is 0 Å². The van der Waals surface area contributed by atoms with E-state index in [0.29, 0.717) is 24.3 Å². The average Bonchev–Trinajstić information content (AvgIpc) is 2.78. The van der Waals surface area contributed by atoms with E-state index < -0.39 is 11.6 Å². The van der Waals surface area contributed by atoms with Crippen molar-refractivity contribution in [3.8, 4) is 0 Å². The van der Waals surface area contributed by atoms with E-state index >= 15 is 0 Å². The summed E-state index contributed by atoms with van der Waals surface area (Å²) >= 11 is 0. The average molecular weight is 452 g/mol. The van der Waals surface area contributed by atoms with E-state index in [9.17, 15) is 18.4 Å². The smallest absolute Gasteiger partial charge is 0.255 e. The molecule has 0 aromatic heterocycles. The summed E-state index contributed by atoms with van der Waals surface area (Å²) in [5, 5.41) is 2.78. The van der Waals surface area contributed by atoms with Crippen LogP contribution in [-0.2, 0) is 6.54 Å². The first-order valence-electron chi connectivity index (χ1n) is 10.6. The highest BCUT2D eigenvalue weighted by Gasteiger charge is 2.25. The molecule has 3 aromatic rings. The Balaban J connectivity index is 1.81. The van der Waals surface area contributed by atoms with Crippen LogP contribution in [0.1, 0.15) is 40.1 Å². The zero-order valence-corrected chi connectivity index (χ0v) is 18.6. The van der Waals surface area contributed by atoms with Gasteiger partial charge >= 0.3 is 0 Å². The van der Waals surface area contributed by atoms with Crippen molar-refractivity contribution in [2.45, 2.75) is 20.4 Å². The Hall–Kier alpha value is -3.58. The minimum absolute atomic E-state index is 0.249. The van der Waals surface area contributed by atoms with Crippen molar-refractivity contribution in [1.82, 2.24) is 4.90 Å². The molecule has 2 amide bonds. The van der Waals surface area contributed by atoms with Crippen molar-refractivity contribution < 1.29 is 18.4 Å². The van der Waals surface area contributed by atoms with Gasteiger partial charge in [-0.05, 0) is 72.1 Å². The van der Waals surface area contributed by atoms with Gasteiger partial charge in [0.05, 0.1) is 0 Å². The quantitative estimate of drug-likeness (QED) is 0.514. The van der Waals surface area contributed by atoms with Gasteiger partial charge in [-0.25, -0.2) is 8.78 Å². The summed E-state index contributed by atoms with van der Waals surface area (Å²) in [4.78, 5) is 27.3. The molecule has 33 heavy (non-hydrogen) atoms. The van der Waals surface area contributed by atoms with Crippen LogP contribution in [0.3, 0.4) is 0 Å². The standard InChI is InChI=1S/C26H27F2N3O2/c1-26(2,16-29)17-31(25(33)20-6-4-7-22(28)14-20)15-18-5-3-8-23(13-18)30-24(32)19-9-11-21(27)12-10-19/h3-14H,15-17,29H2,1-2H3,(H,30,32). The predicted molar refractivity (Wildman–Crippen MR) is 125 cm³/mol. The predicted octanol–water partition coefficient (Wildman–Crippen LogP) is 4.84. The van der Waals surface area contributed by atoms with Gasteiger partial charge in [0, 0.05) is 29.9 Å². The van der Waals surface area contributed by atoms with Crippen molar-refractivity contribution >= 4 is 17.5 Å². The van der Waals surface area contributed by atoms with Crippen molar-refractivity contribution in [3.05, 3.63) is 101 Å². The van der Waals surface area contributed by atoms with E-state index in [0.717, 1.165) is 5.56 Å². The zero-order chi connectivity index (χ0) is 24.0. The highest BCUT2D eigenvalue weighted by molar-refractivity contribution is 6.04. The molecule has 172 valence electrons. The van der Waals surface area contributed by atoms with Gasteiger partial charge in [-0.3, -0.25) is 9.59 Å². The van der Waals surface area contributed by atoms with E-state index in [1.54, 1.807) is 29.2 Å². The Morgan fingerprint density at radius 3 is 2.27 bits per heavy atom. The number of hydrogen-bond donors (Lipinski definition) is 2. The Morgan fingerprint density at radius 2 is 1.61 bits per heavy atom. The molecule has 0 bridgehead atoms. The number of nitrogens with one attached hydrogen (secondary N) is 1. The van der Waals surface area contributed by atoms with E-state index in [4.69, 9.17) is 5.73 Å². The van der Waals surface area contributed by atoms with Gasteiger partial charge in [0.25, 0.3) is 11.8 Å². The lowest BCUT2D eigenvalue weighted by atomic mass is 9.92. The largest absolute Gasteiger partial charge is 0.334 e. The number of carbonyl (C=O) groups excluding carboxylic acids is 2. The normalized spacial score (nSPS) is 11.2. The summed E-state index contributed by atoms with van der Waals surface area (Å²) in [7, 11) is 0. The number of anilines is 1. The summed E-state index contributed by atoms with van der Waals surface area (Å²) in [5.74, 6) is -1.58. The van der Waals surface area contributed by atoms with Crippen LogP contribution in [0.25, 0.3) is 0 Å². The molecular weight excluding hydrogens is 424 g/mol. The van der Waals surface area contributed by atoms with Gasteiger partial charge in [-0.2, -0.15) is 0 Å². The molecule has 0 unspecified atom stereocenters. The van der Waals surface area contributed by atoms with Crippen LogP contribution in [0.5, 0.6) is 0 Å². The maximum absolute atomic E-state index is 13.7. The van der Waals surface area contributed by atoms with E-state index in [1.165, 1.54) is 42.5 Å². The Kier molecular flexibility index (Phi) is 7.55. The maximum atomic E-state index is 13.7. The number of rotatable bonds is 8. The SMILES string of the molecule is CC(C)(CN)CN(Cc1cccc(NC(=O)c2ccc(F)cc2)c1)C(=O)c1cccc(F)c1. The van der Waals surface area contributed by atoms with Gasteiger partial charge < -0.3 is 16.0 Å². The van der Waals surface area contributed by atoms with Crippen LogP contribution in [0.2, 0.25) is 0 Å². The molecule has 0 atom stereocenters. The molecule has 3 aromatic carbocycles. The molecule has 3 N–H and O–H groups in total. The number of nitrogens with two attached hydrogens (primary N) is 1. The maximum Gasteiger partial charge on any atom is 0.255 e. The van der Waals surface area contributed by atoms with Gasteiger partial charge in [-0.1, -0.05) is 32.0 Å². The molecule has 0 radical (unpaired) electrons. The van der Waals surface area contributed by atoms with Crippen molar-refractivity contribution in [2.24, 2.45) is 11.1 Å². The molecule has 3 rings (SSSR count). The van der Waals surface area contributed by atoms with Crippen LogP contribution < -0.4 is 11.1 Å². The molecule has 0 saturated carbocycles. The van der Waals surface area contributed by atoms with Gasteiger partial charge in [0.1, 0.15) is 11.6 Å². The van der Waals surface area contributed by atoms with Crippen LogP contribution in [0, 0.1) is 17.0 Å². The number of amides is 2. The van der Waals surface area contributed by atoms with E-state index in [1.807, 2.05) is 19.9 Å². The van der Waals surface area contributed by atoms with Crippen molar-refractivity contribution in [1.29, 1.82) is 0 Å². The third-order valence-electron chi connectivity index (χ3n) is 5.19. The minimum Gasteiger partial charge on any atom is -0.334 e. The molecule has 0 heterocycles. The Bertz CT molecular complexity index is 1130. The Labute approximate surface area is 192 Å². The van der Waals surface area contributed by atoms with Crippen molar-refractivity contribution in [2.75, 3.05) is 18.4 Å². The first kappa shape index (κ1) is 24.1. The number of halogens is 2. The summed E-state index contributed by atoms with van der Waals surface area (Å²) in [5.41, 5.74) is 7.44. The monoisotopic (exact) mass is 451 g/mol. The highest BCUT2D eigenvalue weighted by atomic mass is 19.1. The molecule has 0 aliphatic rings. The first-order valence-corrected chi connectivity index (χ1v) is 10.6. The number of hydrogen-bond acceptors (Lipinski definition) is 3. The third kappa shape index (κ3) is 6.70. The van der Waals surface area contributed by atoms with Crippen LogP contribution in [0.15, 0.2) is 72.8 Å². The summed E-state index contributed by atoms with van der Waals surface area (Å²) in [6.45, 7) is 4.90. The van der Waals surface area contributed by atoms with Crippen LogP contribution >= 0.6 is 0 Å². The van der Waals surface area contributed by atoms with Gasteiger partial charge in [0.15, 0.2) is 0 Å². The lowest BCUT2D eigenvalue weighted by Crippen LogP contribution is -2.41. The fourth-order valence-corrected chi connectivity index (χ4v) is 3.36. The lowest BCUT2D eigenvalue weighted by Gasteiger charge is -2.32. The van der Waals surface area contributed by atoms with E-state index in [-0.39, 0.29) is 29.3 Å². The molecule has 7 heteroatoms. The van der Waals surface area contributed by atoms with Crippen LogP contribution in [-0.4, -0.2) is 29.8 Å². The Morgan fingerprint density at radius 1 is 0.909 bits per heavy atom. The number of nitrogens with zero attached hydrogens (tertiary/aromatic N) is 1. The number of benzene rings is 3. The second-order valence-corrected chi connectivity index (χ2v) is 8.70. The van der Waals surface area contributed by atoms with E-state index in [2.05, 4.69) is 5.32 Å². The summed E-state index contributed by atoms with van der Waals surface area (Å²) in [6, 6.07) is 17.9. The highest BCUT2D eigenvalue weighted by Crippen LogP contribution is 2.21. The molecule has 0 aliphatic heterocycles. The number of carbonyl (C=O) groups is 2. The molecule has 0 fully saturated rings. The molecular formula is C26H27F2N3O2. The second kappa shape index (κ2) is 10.4. The fraction of sp³-hybridized carbons (Fsp3) is 0.231. The molecule has 0 aliphatic carbocycles. The summed E-state index contributed by atoms with van der Waals surface area (Å²) in [6.07, 6.45) is 0. The first-order chi connectivity index (χ1) is 15.7. The topological polar surface area (TPSA) is 75.4 Å². The third-order valence-corrected chi connectivity index (χ3v) is 5.19. The molecule has 5 nitrogen and oxygen atoms in total. The zero-order valence-electron chi connectivity index (χ0n) is 18.6. The lowest BCUT2D eigenvalue weighted by molar-refractivity contribution is 0.0672. The van der Waals surface area contributed by atoms with Gasteiger partial charge in [0.2, 0.25) is 0 Å². The fourth-order valence-electron chi connectivity index (χ4n) is 3.36. The molecule has 0 saturated heterocycles.